The Kier molecular flexibility index (Phi) is 3.94. The topological polar surface area (TPSA) is 78.9 Å². The molecule has 0 unspecified atom stereocenters. The van der Waals surface area contributed by atoms with Gasteiger partial charge in [-0.3, -0.25) is 9.89 Å². The van der Waals surface area contributed by atoms with E-state index in [1.165, 1.54) is 16.7 Å². The molecule has 19 heavy (non-hydrogen) atoms. The molecule has 0 amide bonds. The van der Waals surface area contributed by atoms with Crippen LogP contribution in [0.15, 0.2) is 18.2 Å². The number of aryl methyl sites for hydroxylation is 3. The summed E-state index contributed by atoms with van der Waals surface area (Å²) in [7, 11) is 0. The molecule has 0 aliphatic rings. The van der Waals surface area contributed by atoms with Gasteiger partial charge < -0.3 is 5.11 Å². The van der Waals surface area contributed by atoms with Gasteiger partial charge in [-0.25, -0.2) is 4.98 Å². The quantitative estimate of drug-likeness (QED) is 0.861. The van der Waals surface area contributed by atoms with Crippen LogP contribution >= 0.6 is 0 Å². The summed E-state index contributed by atoms with van der Waals surface area (Å²) in [4.78, 5) is 14.8. The van der Waals surface area contributed by atoms with Crippen LogP contribution in [0.3, 0.4) is 0 Å². The maximum atomic E-state index is 10.5. The molecule has 1 heterocycles. The third kappa shape index (κ3) is 3.64. The van der Waals surface area contributed by atoms with Crippen LogP contribution in [0.5, 0.6) is 0 Å². The van der Waals surface area contributed by atoms with Crippen molar-refractivity contribution in [2.45, 2.75) is 33.1 Å². The summed E-state index contributed by atoms with van der Waals surface area (Å²) in [6.07, 6.45) is 1.10. The fourth-order valence-electron chi connectivity index (χ4n) is 1.97. The molecule has 0 atom stereocenters. The molecule has 1 aromatic heterocycles. The number of hydrogen-bond acceptors (Lipinski definition) is 3. The number of nitrogens with zero attached hydrogens (tertiary/aromatic N) is 2. The van der Waals surface area contributed by atoms with Crippen molar-refractivity contribution in [2.24, 2.45) is 0 Å². The second-order valence-electron chi connectivity index (χ2n) is 4.70. The van der Waals surface area contributed by atoms with Gasteiger partial charge in [-0.15, -0.1) is 0 Å². The maximum Gasteiger partial charge on any atom is 0.303 e. The molecular weight excluding hydrogens is 242 g/mol. The Morgan fingerprint density at radius 2 is 2.16 bits per heavy atom. The zero-order valence-corrected chi connectivity index (χ0v) is 11.1. The number of carboxylic acids is 1. The van der Waals surface area contributed by atoms with Crippen LogP contribution in [0.2, 0.25) is 0 Å². The predicted molar refractivity (Wildman–Crippen MR) is 71.1 cm³/mol. The molecule has 2 aromatic rings. The Balaban J connectivity index is 2.05. The van der Waals surface area contributed by atoms with Gasteiger partial charge in [-0.2, -0.15) is 5.10 Å². The van der Waals surface area contributed by atoms with Gasteiger partial charge in [0.25, 0.3) is 0 Å². The first kappa shape index (κ1) is 13.3. The summed E-state index contributed by atoms with van der Waals surface area (Å²) in [5.41, 5.74) is 3.66. The Bertz CT molecular complexity index is 590. The lowest BCUT2D eigenvalue weighted by molar-refractivity contribution is -0.137. The molecule has 100 valence electrons. The lowest BCUT2D eigenvalue weighted by atomic mass is 10.0. The van der Waals surface area contributed by atoms with E-state index in [-0.39, 0.29) is 6.42 Å². The van der Waals surface area contributed by atoms with Gasteiger partial charge in [0, 0.05) is 12.8 Å². The lowest BCUT2D eigenvalue weighted by Gasteiger charge is -2.04. The van der Waals surface area contributed by atoms with E-state index in [9.17, 15) is 4.79 Å². The van der Waals surface area contributed by atoms with E-state index < -0.39 is 5.97 Å². The van der Waals surface area contributed by atoms with E-state index in [1.54, 1.807) is 0 Å². The molecule has 5 nitrogen and oxygen atoms in total. The molecule has 1 aromatic carbocycles. The van der Waals surface area contributed by atoms with Gasteiger partial charge in [-0.1, -0.05) is 23.8 Å². The third-order valence-electron chi connectivity index (χ3n) is 3.00. The zero-order chi connectivity index (χ0) is 13.8. The normalized spacial score (nSPS) is 10.6. The van der Waals surface area contributed by atoms with Crippen LogP contribution in [-0.2, 0) is 17.6 Å². The van der Waals surface area contributed by atoms with Crippen molar-refractivity contribution in [3.05, 3.63) is 46.5 Å². The van der Waals surface area contributed by atoms with Crippen molar-refractivity contribution in [1.29, 1.82) is 0 Å². The molecule has 5 heteroatoms. The summed E-state index contributed by atoms with van der Waals surface area (Å²) in [6, 6.07) is 6.30. The highest BCUT2D eigenvalue weighted by Crippen LogP contribution is 2.13. The number of rotatable bonds is 5. The minimum Gasteiger partial charge on any atom is -0.481 e. The number of carboxylic acid groups (broad SMARTS) is 1. The van der Waals surface area contributed by atoms with Gasteiger partial charge in [0.05, 0.1) is 6.42 Å². The molecule has 2 N–H and O–H groups in total. The Morgan fingerprint density at radius 1 is 1.37 bits per heavy atom. The Labute approximate surface area is 111 Å². The molecule has 0 aliphatic carbocycles. The van der Waals surface area contributed by atoms with Crippen molar-refractivity contribution in [3.8, 4) is 0 Å². The summed E-state index contributed by atoms with van der Waals surface area (Å²) >= 11 is 0. The number of carbonyl (C=O) groups is 1. The summed E-state index contributed by atoms with van der Waals surface area (Å²) < 4.78 is 0. The van der Waals surface area contributed by atoms with Gasteiger partial charge in [-0.05, 0) is 25.0 Å². The fraction of sp³-hybridized carbons (Fsp3) is 0.357. The van der Waals surface area contributed by atoms with Crippen LogP contribution in [0.25, 0.3) is 0 Å². The van der Waals surface area contributed by atoms with Gasteiger partial charge in [0.1, 0.15) is 5.82 Å². The minimum atomic E-state index is -0.833. The van der Waals surface area contributed by atoms with Crippen molar-refractivity contribution >= 4 is 5.97 Å². The van der Waals surface area contributed by atoms with Crippen molar-refractivity contribution in [2.75, 3.05) is 0 Å². The number of aromatic nitrogens is 3. The van der Waals surface area contributed by atoms with Crippen LogP contribution in [0.1, 0.15) is 34.8 Å². The molecule has 0 bridgehead atoms. The number of hydrogen-bond donors (Lipinski definition) is 2. The molecule has 0 aliphatic heterocycles. The molecule has 2 rings (SSSR count). The van der Waals surface area contributed by atoms with E-state index >= 15 is 0 Å². The van der Waals surface area contributed by atoms with Crippen LogP contribution in [0, 0.1) is 13.8 Å². The Morgan fingerprint density at radius 3 is 2.84 bits per heavy atom. The van der Waals surface area contributed by atoms with E-state index in [2.05, 4.69) is 47.2 Å². The average Bonchev–Trinajstić information content (AvgIpc) is 2.78. The molecular formula is C14H17N3O2. The van der Waals surface area contributed by atoms with E-state index in [4.69, 9.17) is 5.11 Å². The first-order valence-electron chi connectivity index (χ1n) is 6.22. The third-order valence-corrected chi connectivity index (χ3v) is 3.00. The summed E-state index contributed by atoms with van der Waals surface area (Å²) in [5.74, 6) is 0.496. The lowest BCUT2D eigenvalue weighted by Crippen LogP contribution is -1.99. The van der Waals surface area contributed by atoms with Gasteiger partial charge in [0.15, 0.2) is 5.82 Å². The molecule has 0 saturated carbocycles. The van der Waals surface area contributed by atoms with Gasteiger partial charge in [0.2, 0.25) is 0 Å². The first-order chi connectivity index (χ1) is 9.04. The highest BCUT2D eigenvalue weighted by atomic mass is 16.4. The van der Waals surface area contributed by atoms with E-state index in [0.29, 0.717) is 18.7 Å². The second kappa shape index (κ2) is 5.65. The molecule has 0 fully saturated rings. The maximum absolute atomic E-state index is 10.5. The van der Waals surface area contributed by atoms with Crippen molar-refractivity contribution in [1.82, 2.24) is 15.2 Å². The standard InChI is InChI=1S/C14H17N3O2/c1-9-3-4-11(10(2)7-9)8-13-15-12(16-17-13)5-6-14(18)19/h3-4,7H,5-6,8H2,1-2H3,(H,18,19)(H,15,16,17). The number of aromatic amines is 1. The van der Waals surface area contributed by atoms with Gasteiger partial charge >= 0.3 is 5.97 Å². The smallest absolute Gasteiger partial charge is 0.303 e. The van der Waals surface area contributed by atoms with E-state index in [1.807, 2.05) is 0 Å². The van der Waals surface area contributed by atoms with E-state index in [0.717, 1.165) is 5.82 Å². The highest BCUT2D eigenvalue weighted by molar-refractivity contribution is 5.66. The SMILES string of the molecule is Cc1ccc(Cc2nc(CCC(=O)O)n[nH]2)c(C)c1. The monoisotopic (exact) mass is 259 g/mol. The average molecular weight is 259 g/mol. The van der Waals surface area contributed by atoms with Crippen LogP contribution < -0.4 is 0 Å². The number of nitrogens with one attached hydrogen (secondary N) is 1. The molecule has 0 radical (unpaired) electrons. The molecule has 0 spiro atoms. The predicted octanol–water partition coefficient (Wildman–Crippen LogP) is 2.03. The minimum absolute atomic E-state index is 0.0564. The number of benzene rings is 1. The highest BCUT2D eigenvalue weighted by Gasteiger charge is 2.07. The first-order valence-corrected chi connectivity index (χ1v) is 6.22. The number of aliphatic carboxylic acids is 1. The second-order valence-corrected chi connectivity index (χ2v) is 4.70. The zero-order valence-electron chi connectivity index (χ0n) is 11.1. The van der Waals surface area contributed by atoms with Crippen molar-refractivity contribution in [3.63, 3.8) is 0 Å². The van der Waals surface area contributed by atoms with Crippen LogP contribution in [-0.4, -0.2) is 26.3 Å². The summed E-state index contributed by atoms with van der Waals surface area (Å²) in [6.45, 7) is 4.14. The Hall–Kier alpha value is -2.17. The summed E-state index contributed by atoms with van der Waals surface area (Å²) in [5, 5.41) is 15.5. The fourth-order valence-corrected chi connectivity index (χ4v) is 1.97. The number of H-pyrrole nitrogens is 1. The largest absolute Gasteiger partial charge is 0.481 e. The van der Waals surface area contributed by atoms with Crippen LogP contribution in [0.4, 0.5) is 0 Å². The van der Waals surface area contributed by atoms with Crippen molar-refractivity contribution < 1.29 is 9.90 Å². The molecule has 0 saturated heterocycles.